The van der Waals surface area contributed by atoms with Crippen LogP contribution in [-0.2, 0) is 0 Å². The van der Waals surface area contributed by atoms with Crippen molar-refractivity contribution in [3.8, 4) is 11.5 Å². The van der Waals surface area contributed by atoms with E-state index in [4.69, 9.17) is 4.74 Å². The van der Waals surface area contributed by atoms with Crippen molar-refractivity contribution in [3.05, 3.63) is 48.0 Å². The third-order valence-electron chi connectivity index (χ3n) is 2.54. The largest absolute Gasteiger partial charge is 0.452 e. The SMILES string of the molecule is O=Cc1cccc2c1Oc1ccccc1N2. The van der Waals surface area contributed by atoms with Gasteiger partial charge in [-0.1, -0.05) is 18.2 Å². The van der Waals surface area contributed by atoms with Crippen LogP contribution in [0.2, 0.25) is 0 Å². The summed E-state index contributed by atoms with van der Waals surface area (Å²) in [5.41, 5.74) is 2.29. The van der Waals surface area contributed by atoms with E-state index in [9.17, 15) is 4.79 Å². The van der Waals surface area contributed by atoms with Gasteiger partial charge in [0.2, 0.25) is 0 Å². The van der Waals surface area contributed by atoms with E-state index >= 15 is 0 Å². The molecule has 0 bridgehead atoms. The van der Waals surface area contributed by atoms with Gasteiger partial charge in [-0.25, -0.2) is 0 Å². The van der Waals surface area contributed by atoms with Crippen molar-refractivity contribution in [1.29, 1.82) is 0 Å². The van der Waals surface area contributed by atoms with Gasteiger partial charge in [-0.05, 0) is 24.3 Å². The van der Waals surface area contributed by atoms with Gasteiger partial charge in [-0.3, -0.25) is 4.79 Å². The Hall–Kier alpha value is -2.29. The molecule has 2 aromatic carbocycles. The average Bonchev–Trinajstić information content (AvgIpc) is 2.35. The number of nitrogens with one attached hydrogen (secondary N) is 1. The molecule has 0 spiro atoms. The number of hydrogen-bond donors (Lipinski definition) is 1. The van der Waals surface area contributed by atoms with Crippen LogP contribution in [-0.4, -0.2) is 6.29 Å². The summed E-state index contributed by atoms with van der Waals surface area (Å²) in [7, 11) is 0. The van der Waals surface area contributed by atoms with Crippen molar-refractivity contribution in [2.24, 2.45) is 0 Å². The van der Waals surface area contributed by atoms with E-state index in [1.54, 1.807) is 6.07 Å². The van der Waals surface area contributed by atoms with Gasteiger partial charge in [0, 0.05) is 0 Å². The Bertz CT molecular complexity index is 564. The molecule has 3 heteroatoms. The van der Waals surface area contributed by atoms with Gasteiger partial charge in [0.15, 0.2) is 17.8 Å². The van der Waals surface area contributed by atoms with Crippen LogP contribution in [0.15, 0.2) is 42.5 Å². The fourth-order valence-corrected chi connectivity index (χ4v) is 1.77. The minimum absolute atomic E-state index is 0.555. The molecule has 1 heterocycles. The summed E-state index contributed by atoms with van der Waals surface area (Å²) in [4.78, 5) is 10.9. The Balaban J connectivity index is 2.15. The lowest BCUT2D eigenvalue weighted by Gasteiger charge is -2.22. The molecule has 0 atom stereocenters. The van der Waals surface area contributed by atoms with E-state index in [1.165, 1.54) is 0 Å². The molecule has 1 N–H and O–H groups in total. The predicted octanol–water partition coefficient (Wildman–Crippen LogP) is 3.35. The van der Waals surface area contributed by atoms with E-state index in [0.717, 1.165) is 23.4 Å². The summed E-state index contributed by atoms with van der Waals surface area (Å²) in [6.45, 7) is 0. The van der Waals surface area contributed by atoms with Gasteiger partial charge in [0.1, 0.15) is 0 Å². The number of aldehydes is 1. The molecule has 0 unspecified atom stereocenters. The van der Waals surface area contributed by atoms with Crippen LogP contribution in [0.5, 0.6) is 11.5 Å². The molecule has 0 saturated heterocycles. The van der Waals surface area contributed by atoms with Crippen LogP contribution < -0.4 is 10.1 Å². The van der Waals surface area contributed by atoms with E-state index < -0.39 is 0 Å². The number of benzene rings is 2. The lowest BCUT2D eigenvalue weighted by molar-refractivity contribution is 0.112. The summed E-state index contributed by atoms with van der Waals surface area (Å²) in [5, 5.41) is 3.23. The first-order valence-electron chi connectivity index (χ1n) is 5.00. The summed E-state index contributed by atoms with van der Waals surface area (Å²) < 4.78 is 5.71. The predicted molar refractivity (Wildman–Crippen MR) is 61.6 cm³/mol. The molecule has 0 fully saturated rings. The first-order valence-corrected chi connectivity index (χ1v) is 5.00. The lowest BCUT2D eigenvalue weighted by atomic mass is 10.1. The maximum absolute atomic E-state index is 10.9. The van der Waals surface area contributed by atoms with E-state index in [2.05, 4.69) is 5.32 Å². The molecule has 0 aliphatic carbocycles. The average molecular weight is 211 g/mol. The molecule has 16 heavy (non-hydrogen) atoms. The van der Waals surface area contributed by atoms with Crippen molar-refractivity contribution in [2.45, 2.75) is 0 Å². The third-order valence-corrected chi connectivity index (χ3v) is 2.54. The first kappa shape index (κ1) is 8.97. The Morgan fingerprint density at radius 2 is 1.81 bits per heavy atom. The van der Waals surface area contributed by atoms with Crippen LogP contribution in [0.1, 0.15) is 10.4 Å². The van der Waals surface area contributed by atoms with Crippen molar-refractivity contribution in [2.75, 3.05) is 5.32 Å². The summed E-state index contributed by atoms with van der Waals surface area (Å²) in [6, 6.07) is 13.1. The molecule has 0 aromatic heterocycles. The highest BCUT2D eigenvalue weighted by Crippen LogP contribution is 2.42. The first-order chi connectivity index (χ1) is 7.88. The van der Waals surface area contributed by atoms with E-state index in [1.807, 2.05) is 36.4 Å². The Kier molecular flexibility index (Phi) is 1.90. The van der Waals surface area contributed by atoms with Gasteiger partial charge in [0.25, 0.3) is 0 Å². The quantitative estimate of drug-likeness (QED) is 0.627. The standard InChI is InChI=1S/C13H9NO2/c15-8-9-4-3-6-11-13(9)16-12-7-2-1-5-10(12)14-11/h1-8,14H. The number of rotatable bonds is 1. The normalized spacial score (nSPS) is 11.8. The molecule has 1 aliphatic rings. The zero-order valence-corrected chi connectivity index (χ0v) is 8.44. The maximum atomic E-state index is 10.9. The zero-order valence-electron chi connectivity index (χ0n) is 8.44. The molecule has 1 aliphatic heterocycles. The number of carbonyl (C=O) groups is 1. The van der Waals surface area contributed by atoms with Gasteiger partial charge < -0.3 is 10.1 Å². The second kappa shape index (κ2) is 3.38. The summed E-state index contributed by atoms with van der Waals surface area (Å²) in [6.07, 6.45) is 0.800. The highest BCUT2D eigenvalue weighted by Gasteiger charge is 2.18. The summed E-state index contributed by atoms with van der Waals surface area (Å²) in [5.74, 6) is 1.33. The second-order valence-electron chi connectivity index (χ2n) is 3.56. The van der Waals surface area contributed by atoms with Crippen molar-refractivity contribution >= 4 is 17.7 Å². The van der Waals surface area contributed by atoms with Gasteiger partial charge in [-0.15, -0.1) is 0 Å². The minimum atomic E-state index is 0.555. The topological polar surface area (TPSA) is 38.3 Å². The van der Waals surface area contributed by atoms with Crippen LogP contribution in [0.4, 0.5) is 11.4 Å². The molecular formula is C13H9NO2. The third kappa shape index (κ3) is 1.26. The highest BCUT2D eigenvalue weighted by atomic mass is 16.5. The summed E-state index contributed by atoms with van der Waals surface area (Å²) >= 11 is 0. The molecule has 2 aromatic rings. The highest BCUT2D eigenvalue weighted by molar-refractivity contribution is 5.87. The molecule has 0 radical (unpaired) electrons. The Labute approximate surface area is 92.7 Å². The second-order valence-corrected chi connectivity index (χ2v) is 3.56. The zero-order chi connectivity index (χ0) is 11.0. The van der Waals surface area contributed by atoms with Crippen molar-refractivity contribution in [3.63, 3.8) is 0 Å². The van der Waals surface area contributed by atoms with Crippen LogP contribution in [0, 0.1) is 0 Å². The van der Waals surface area contributed by atoms with Crippen LogP contribution in [0.3, 0.4) is 0 Å². The number of para-hydroxylation sites is 3. The van der Waals surface area contributed by atoms with Gasteiger partial charge in [-0.2, -0.15) is 0 Å². The Morgan fingerprint density at radius 1 is 1.00 bits per heavy atom. The molecule has 3 nitrogen and oxygen atoms in total. The monoisotopic (exact) mass is 211 g/mol. The number of hydrogen-bond acceptors (Lipinski definition) is 3. The van der Waals surface area contributed by atoms with Gasteiger partial charge >= 0.3 is 0 Å². The van der Waals surface area contributed by atoms with Crippen molar-refractivity contribution < 1.29 is 9.53 Å². The number of ether oxygens (including phenoxy) is 1. The van der Waals surface area contributed by atoms with Crippen molar-refractivity contribution in [1.82, 2.24) is 0 Å². The molecular weight excluding hydrogens is 202 g/mol. The molecule has 0 saturated carbocycles. The molecule has 0 amide bonds. The minimum Gasteiger partial charge on any atom is -0.452 e. The molecule has 3 rings (SSSR count). The maximum Gasteiger partial charge on any atom is 0.161 e. The fraction of sp³-hybridized carbons (Fsp3) is 0. The van der Waals surface area contributed by atoms with E-state index in [0.29, 0.717) is 11.3 Å². The Morgan fingerprint density at radius 3 is 2.69 bits per heavy atom. The smallest absolute Gasteiger partial charge is 0.161 e. The number of fused-ring (bicyclic) bond motifs is 2. The molecule has 78 valence electrons. The van der Waals surface area contributed by atoms with Crippen LogP contribution in [0.25, 0.3) is 0 Å². The van der Waals surface area contributed by atoms with Crippen LogP contribution >= 0.6 is 0 Å². The fourth-order valence-electron chi connectivity index (χ4n) is 1.77. The van der Waals surface area contributed by atoms with E-state index in [-0.39, 0.29) is 0 Å². The lowest BCUT2D eigenvalue weighted by Crippen LogP contribution is -2.04. The number of anilines is 2. The van der Waals surface area contributed by atoms with Gasteiger partial charge in [0.05, 0.1) is 16.9 Å². The number of carbonyl (C=O) groups excluding carboxylic acids is 1.